The standard InChI is InChI=1S/C42H53N4O9PS/c1-29(2)46(30(3)4)56(53-25-11-23-43)55-38-36(54-40(39(38)51-27-26-48-5)45-24-22-37(47)44-41(45)57)28-52-42(31-12-9-8-10-13-31,32-14-18-34(49-6)19-15-32)33-16-20-35(50-7)21-17-33/h8-10,12-22,24,29-30,36,38-40H,11,25-28H2,1-7H3,(H,44,47,57)/t36-,38-,39-,40-,56?/m1/s1. The van der Waals surface area contributed by atoms with Gasteiger partial charge in [0, 0.05) is 31.5 Å². The molecule has 0 amide bonds. The van der Waals surface area contributed by atoms with E-state index in [2.05, 4.69) is 43.4 Å². The largest absolute Gasteiger partial charge is 0.497 e. The van der Waals surface area contributed by atoms with Gasteiger partial charge in [-0.05, 0) is 80.9 Å². The SMILES string of the molecule is COCCO[C@@H]1[C@H](OP(OCCC#N)N(C(C)C)C(C)C)[C@@H](COC(c2ccccc2)(c2ccc(OC)cc2)c2ccc(OC)cc2)O[C@H]1n1ccc(=O)[nH]c1=S. The monoisotopic (exact) mass is 820 g/mol. The van der Waals surface area contributed by atoms with Gasteiger partial charge in [-0.15, -0.1) is 0 Å². The lowest BCUT2D eigenvalue weighted by molar-refractivity contribution is -0.0985. The van der Waals surface area contributed by atoms with Crippen molar-refractivity contribution in [1.82, 2.24) is 14.2 Å². The van der Waals surface area contributed by atoms with E-state index in [0.29, 0.717) is 18.1 Å². The highest BCUT2D eigenvalue weighted by molar-refractivity contribution is 7.71. The quantitative estimate of drug-likeness (QED) is 0.0385. The summed E-state index contributed by atoms with van der Waals surface area (Å²) >= 11 is 5.66. The smallest absolute Gasteiger partial charge is 0.259 e. The number of nitrogens with one attached hydrogen (secondary N) is 1. The Morgan fingerprint density at radius 3 is 1.98 bits per heavy atom. The first kappa shape index (κ1) is 44.1. The van der Waals surface area contributed by atoms with Gasteiger partial charge in [0.1, 0.15) is 35.4 Å². The van der Waals surface area contributed by atoms with E-state index >= 15 is 0 Å². The number of nitriles is 1. The Hall–Kier alpha value is -4.00. The molecule has 1 unspecified atom stereocenters. The van der Waals surface area contributed by atoms with Crippen LogP contribution in [0.5, 0.6) is 11.5 Å². The van der Waals surface area contributed by atoms with Crippen LogP contribution in [0, 0.1) is 16.1 Å². The highest BCUT2D eigenvalue weighted by Gasteiger charge is 2.51. The minimum atomic E-state index is -1.77. The van der Waals surface area contributed by atoms with Crippen LogP contribution in [-0.4, -0.2) is 92.4 Å². The van der Waals surface area contributed by atoms with Crippen molar-refractivity contribution in [2.24, 2.45) is 0 Å². The number of nitrogens with zero attached hydrogens (tertiary/aromatic N) is 3. The van der Waals surface area contributed by atoms with Gasteiger partial charge in [0.25, 0.3) is 14.1 Å². The Labute approximate surface area is 341 Å². The van der Waals surface area contributed by atoms with Crippen LogP contribution in [-0.2, 0) is 33.6 Å². The molecule has 306 valence electrons. The average molecular weight is 821 g/mol. The third-order valence-corrected chi connectivity index (χ3v) is 12.0. The molecule has 1 fully saturated rings. The van der Waals surface area contributed by atoms with Crippen molar-refractivity contribution in [3.05, 3.63) is 123 Å². The molecule has 1 aliphatic heterocycles. The molecule has 0 spiro atoms. The second-order valence-corrected chi connectivity index (χ2v) is 15.6. The number of methoxy groups -OCH3 is 3. The van der Waals surface area contributed by atoms with Gasteiger partial charge in [0.2, 0.25) is 0 Å². The van der Waals surface area contributed by atoms with E-state index in [1.165, 1.54) is 6.07 Å². The maximum Gasteiger partial charge on any atom is 0.259 e. The topological polar surface area (TPSA) is 139 Å². The number of ether oxygens (including phenoxy) is 6. The normalized spacial score (nSPS) is 18.9. The predicted molar refractivity (Wildman–Crippen MR) is 220 cm³/mol. The lowest BCUT2D eigenvalue weighted by Crippen LogP contribution is -2.43. The third-order valence-electron chi connectivity index (χ3n) is 9.52. The zero-order valence-corrected chi connectivity index (χ0v) is 35.2. The summed E-state index contributed by atoms with van der Waals surface area (Å²) in [5.74, 6) is 1.40. The van der Waals surface area contributed by atoms with Crippen LogP contribution in [0.2, 0.25) is 0 Å². The van der Waals surface area contributed by atoms with E-state index in [9.17, 15) is 10.1 Å². The fourth-order valence-corrected chi connectivity index (χ4v) is 8.98. The average Bonchev–Trinajstić information content (AvgIpc) is 3.54. The first-order valence-electron chi connectivity index (χ1n) is 18.9. The van der Waals surface area contributed by atoms with Crippen LogP contribution < -0.4 is 15.0 Å². The fourth-order valence-electron chi connectivity index (χ4n) is 6.95. The van der Waals surface area contributed by atoms with E-state index in [-0.39, 0.29) is 48.7 Å². The molecule has 0 saturated carbocycles. The minimum absolute atomic E-state index is 0.000339. The lowest BCUT2D eigenvalue weighted by atomic mass is 9.80. The molecule has 15 heteroatoms. The summed E-state index contributed by atoms with van der Waals surface area (Å²) in [5, 5.41) is 9.42. The molecular formula is C42H53N4O9PS. The molecule has 1 N–H and O–H groups in total. The minimum Gasteiger partial charge on any atom is -0.497 e. The van der Waals surface area contributed by atoms with E-state index in [4.69, 9.17) is 49.7 Å². The summed E-state index contributed by atoms with van der Waals surface area (Å²) in [6.45, 7) is 8.98. The van der Waals surface area contributed by atoms with E-state index in [1.807, 2.05) is 78.9 Å². The molecule has 13 nitrogen and oxygen atoms in total. The van der Waals surface area contributed by atoms with Crippen molar-refractivity contribution >= 4 is 20.7 Å². The maximum atomic E-state index is 12.3. The summed E-state index contributed by atoms with van der Waals surface area (Å²) in [6, 6.07) is 29.2. The summed E-state index contributed by atoms with van der Waals surface area (Å²) in [7, 11) is 3.09. The van der Waals surface area contributed by atoms with E-state index < -0.39 is 38.7 Å². The number of aromatic amines is 1. The van der Waals surface area contributed by atoms with Crippen molar-refractivity contribution < 1.29 is 37.5 Å². The molecule has 0 radical (unpaired) electrons. The molecule has 5 atom stereocenters. The molecule has 2 heterocycles. The van der Waals surface area contributed by atoms with Crippen LogP contribution >= 0.6 is 20.7 Å². The van der Waals surface area contributed by atoms with Gasteiger partial charge in [-0.2, -0.15) is 5.26 Å². The molecule has 1 saturated heterocycles. The van der Waals surface area contributed by atoms with Crippen LogP contribution in [0.1, 0.15) is 57.0 Å². The Balaban J connectivity index is 1.67. The van der Waals surface area contributed by atoms with Crippen molar-refractivity contribution in [2.75, 3.05) is 47.8 Å². The first-order chi connectivity index (χ1) is 27.6. The van der Waals surface area contributed by atoms with Gasteiger partial charge in [-0.25, -0.2) is 4.67 Å². The van der Waals surface area contributed by atoms with Crippen molar-refractivity contribution in [3.8, 4) is 17.6 Å². The second kappa shape index (κ2) is 21.1. The molecule has 1 aliphatic rings. The Kier molecular flexibility index (Phi) is 16.4. The zero-order valence-electron chi connectivity index (χ0n) is 33.5. The molecule has 57 heavy (non-hydrogen) atoms. The number of hydrogen-bond acceptors (Lipinski definition) is 12. The number of benzene rings is 3. The van der Waals surface area contributed by atoms with Gasteiger partial charge in [-0.1, -0.05) is 54.6 Å². The van der Waals surface area contributed by atoms with Crippen LogP contribution in [0.3, 0.4) is 0 Å². The summed E-state index contributed by atoms with van der Waals surface area (Å²) < 4.78 is 54.8. The van der Waals surface area contributed by atoms with Crippen molar-refractivity contribution in [3.63, 3.8) is 0 Å². The van der Waals surface area contributed by atoms with Crippen LogP contribution in [0.4, 0.5) is 0 Å². The molecule has 0 bridgehead atoms. The lowest BCUT2D eigenvalue weighted by Gasteiger charge is -2.39. The number of aromatic nitrogens is 2. The predicted octanol–water partition coefficient (Wildman–Crippen LogP) is 7.52. The number of H-pyrrole nitrogens is 1. The maximum absolute atomic E-state index is 12.3. The molecule has 0 aliphatic carbocycles. The van der Waals surface area contributed by atoms with Crippen LogP contribution in [0.15, 0.2) is 95.9 Å². The van der Waals surface area contributed by atoms with Crippen molar-refractivity contribution in [2.45, 2.75) is 76.3 Å². The Morgan fingerprint density at radius 2 is 1.46 bits per heavy atom. The highest BCUT2D eigenvalue weighted by atomic mass is 32.1. The molecular weight excluding hydrogens is 768 g/mol. The number of rotatable bonds is 21. The Morgan fingerprint density at radius 1 is 0.860 bits per heavy atom. The summed E-state index contributed by atoms with van der Waals surface area (Å²) in [6.07, 6.45) is -1.42. The second-order valence-electron chi connectivity index (χ2n) is 13.8. The van der Waals surface area contributed by atoms with Crippen molar-refractivity contribution in [1.29, 1.82) is 5.26 Å². The highest BCUT2D eigenvalue weighted by Crippen LogP contribution is 2.51. The van der Waals surface area contributed by atoms with Crippen LogP contribution in [0.25, 0.3) is 0 Å². The van der Waals surface area contributed by atoms with Gasteiger partial charge in [0.15, 0.2) is 11.0 Å². The van der Waals surface area contributed by atoms with Gasteiger partial charge in [-0.3, -0.25) is 14.3 Å². The molecule has 3 aromatic carbocycles. The number of hydrogen-bond donors (Lipinski definition) is 1. The first-order valence-corrected chi connectivity index (χ1v) is 20.4. The van der Waals surface area contributed by atoms with Gasteiger partial charge < -0.3 is 37.5 Å². The Bertz CT molecular complexity index is 1930. The molecule has 5 rings (SSSR count). The summed E-state index contributed by atoms with van der Waals surface area (Å²) in [4.78, 5) is 15.0. The summed E-state index contributed by atoms with van der Waals surface area (Å²) in [5.41, 5.74) is 1.05. The van der Waals surface area contributed by atoms with E-state index in [0.717, 1.165) is 16.7 Å². The van der Waals surface area contributed by atoms with E-state index in [1.54, 1.807) is 32.1 Å². The van der Waals surface area contributed by atoms with Gasteiger partial charge in [0.05, 0.1) is 53.1 Å². The molecule has 1 aromatic heterocycles. The zero-order chi connectivity index (χ0) is 41.0. The fraction of sp³-hybridized carbons (Fsp3) is 0.452. The van der Waals surface area contributed by atoms with Gasteiger partial charge >= 0.3 is 0 Å². The molecule has 4 aromatic rings. The third kappa shape index (κ3) is 10.6.